The van der Waals surface area contributed by atoms with Crippen LogP contribution in [0.5, 0.6) is 0 Å². The molecule has 0 spiro atoms. The molecule has 14 heavy (non-hydrogen) atoms. The maximum atomic E-state index is 3.85. The lowest BCUT2D eigenvalue weighted by Crippen LogP contribution is -2.14. The van der Waals surface area contributed by atoms with Crippen molar-refractivity contribution >= 4 is 11.8 Å². The molecular weight excluding hydrogens is 190 g/mol. The van der Waals surface area contributed by atoms with E-state index in [9.17, 15) is 0 Å². The van der Waals surface area contributed by atoms with E-state index in [0.29, 0.717) is 0 Å². The summed E-state index contributed by atoms with van der Waals surface area (Å²) in [6.07, 6.45) is 2.09. The Labute approximate surface area is 90.6 Å². The first-order valence-electron chi connectivity index (χ1n) is 4.70. The van der Waals surface area contributed by atoms with Gasteiger partial charge in [-0.25, -0.2) is 0 Å². The van der Waals surface area contributed by atoms with Crippen molar-refractivity contribution in [1.82, 2.24) is 5.32 Å². The summed E-state index contributed by atoms with van der Waals surface area (Å²) in [6, 6.07) is 8.64. The molecule has 2 heteroatoms. The number of rotatable bonds is 5. The van der Waals surface area contributed by atoms with Gasteiger partial charge in [0.1, 0.15) is 0 Å². The fourth-order valence-corrected chi connectivity index (χ4v) is 1.57. The van der Waals surface area contributed by atoms with Crippen LogP contribution < -0.4 is 5.32 Å². The molecule has 0 aliphatic heterocycles. The van der Waals surface area contributed by atoms with Crippen molar-refractivity contribution in [2.45, 2.75) is 18.4 Å². The van der Waals surface area contributed by atoms with Crippen LogP contribution in [0.15, 0.2) is 41.3 Å². The number of hydrogen-bond donors (Lipinski definition) is 1. The summed E-state index contributed by atoms with van der Waals surface area (Å²) >= 11 is 1.77. The topological polar surface area (TPSA) is 12.0 Å². The van der Waals surface area contributed by atoms with Gasteiger partial charge in [0.2, 0.25) is 0 Å². The van der Waals surface area contributed by atoms with Crippen molar-refractivity contribution in [3.63, 3.8) is 0 Å². The molecule has 1 N–H and O–H groups in total. The van der Waals surface area contributed by atoms with E-state index in [0.717, 1.165) is 13.1 Å². The molecule has 0 aliphatic carbocycles. The monoisotopic (exact) mass is 207 g/mol. The zero-order valence-electron chi connectivity index (χ0n) is 8.84. The molecule has 0 aromatic heterocycles. The van der Waals surface area contributed by atoms with Crippen molar-refractivity contribution < 1.29 is 0 Å². The molecule has 76 valence electrons. The molecule has 0 bridgehead atoms. The van der Waals surface area contributed by atoms with E-state index in [1.54, 1.807) is 11.8 Å². The van der Waals surface area contributed by atoms with Crippen LogP contribution in [0.2, 0.25) is 0 Å². The lowest BCUT2D eigenvalue weighted by Gasteiger charge is -2.04. The summed E-state index contributed by atoms with van der Waals surface area (Å²) in [5.74, 6) is 0. The van der Waals surface area contributed by atoms with Crippen LogP contribution in [0.25, 0.3) is 0 Å². The van der Waals surface area contributed by atoms with E-state index in [1.807, 2.05) is 6.92 Å². The molecule has 0 saturated heterocycles. The minimum atomic E-state index is 0.893. The Morgan fingerprint density at radius 2 is 2.00 bits per heavy atom. The normalized spacial score (nSPS) is 10.1. The fraction of sp³-hybridized carbons (Fsp3) is 0.333. The second-order valence-corrected chi connectivity index (χ2v) is 4.29. The molecule has 0 aliphatic rings. The number of hydrogen-bond acceptors (Lipinski definition) is 2. The Hall–Kier alpha value is -0.730. The maximum absolute atomic E-state index is 3.85. The van der Waals surface area contributed by atoms with E-state index < -0.39 is 0 Å². The smallest absolute Gasteiger partial charge is 0.0208 e. The molecule has 0 unspecified atom stereocenters. The van der Waals surface area contributed by atoms with Crippen molar-refractivity contribution in [1.29, 1.82) is 0 Å². The van der Waals surface area contributed by atoms with Crippen LogP contribution in [-0.4, -0.2) is 12.8 Å². The number of benzene rings is 1. The predicted octanol–water partition coefficient (Wildman–Crippen LogP) is 3.07. The first-order valence-corrected chi connectivity index (χ1v) is 5.93. The summed E-state index contributed by atoms with van der Waals surface area (Å²) in [5.41, 5.74) is 2.50. The molecular formula is C12H17NS. The van der Waals surface area contributed by atoms with Gasteiger partial charge in [-0.05, 0) is 30.9 Å². The SMILES string of the molecule is C=C(C)CNCc1ccc(SC)cc1. The second-order valence-electron chi connectivity index (χ2n) is 3.41. The predicted molar refractivity (Wildman–Crippen MR) is 64.7 cm³/mol. The summed E-state index contributed by atoms with van der Waals surface area (Å²) in [5, 5.41) is 3.33. The van der Waals surface area contributed by atoms with Gasteiger partial charge in [-0.15, -0.1) is 11.8 Å². The van der Waals surface area contributed by atoms with Gasteiger partial charge >= 0.3 is 0 Å². The highest BCUT2D eigenvalue weighted by Crippen LogP contribution is 2.14. The first-order chi connectivity index (χ1) is 6.72. The molecule has 0 amide bonds. The third kappa shape index (κ3) is 3.99. The molecule has 0 fully saturated rings. The van der Waals surface area contributed by atoms with Crippen molar-refractivity contribution in [2.75, 3.05) is 12.8 Å². The van der Waals surface area contributed by atoms with Gasteiger partial charge in [-0.1, -0.05) is 24.3 Å². The largest absolute Gasteiger partial charge is 0.309 e. The second kappa shape index (κ2) is 5.89. The van der Waals surface area contributed by atoms with Crippen LogP contribution in [0, 0.1) is 0 Å². The lowest BCUT2D eigenvalue weighted by molar-refractivity contribution is 0.740. The fourth-order valence-electron chi connectivity index (χ4n) is 1.16. The maximum Gasteiger partial charge on any atom is 0.0208 e. The van der Waals surface area contributed by atoms with Crippen molar-refractivity contribution in [2.24, 2.45) is 0 Å². The quantitative estimate of drug-likeness (QED) is 0.588. The summed E-state index contributed by atoms with van der Waals surface area (Å²) in [6.45, 7) is 7.69. The Morgan fingerprint density at radius 3 is 2.50 bits per heavy atom. The molecule has 1 aromatic carbocycles. The van der Waals surface area contributed by atoms with E-state index in [4.69, 9.17) is 0 Å². The Balaban J connectivity index is 2.40. The Morgan fingerprint density at radius 1 is 1.36 bits per heavy atom. The average Bonchev–Trinajstić information content (AvgIpc) is 2.18. The Bertz CT molecular complexity index is 290. The van der Waals surface area contributed by atoms with E-state index in [1.165, 1.54) is 16.0 Å². The molecule has 1 aromatic rings. The standard InChI is InChI=1S/C12H17NS/c1-10(2)8-13-9-11-4-6-12(14-3)7-5-11/h4-7,13H,1,8-9H2,2-3H3. The summed E-state index contributed by atoms with van der Waals surface area (Å²) in [7, 11) is 0. The Kier molecular flexibility index (Phi) is 4.77. The summed E-state index contributed by atoms with van der Waals surface area (Å²) < 4.78 is 0. The van der Waals surface area contributed by atoms with Crippen LogP contribution >= 0.6 is 11.8 Å². The van der Waals surface area contributed by atoms with Crippen LogP contribution in [0.1, 0.15) is 12.5 Å². The van der Waals surface area contributed by atoms with Crippen LogP contribution in [0.4, 0.5) is 0 Å². The molecule has 0 radical (unpaired) electrons. The number of nitrogens with one attached hydrogen (secondary N) is 1. The molecule has 1 nitrogen and oxygen atoms in total. The van der Waals surface area contributed by atoms with Gasteiger partial charge in [0.25, 0.3) is 0 Å². The highest BCUT2D eigenvalue weighted by Gasteiger charge is 1.93. The highest BCUT2D eigenvalue weighted by molar-refractivity contribution is 7.98. The first kappa shape index (κ1) is 11.3. The zero-order valence-corrected chi connectivity index (χ0v) is 9.66. The van der Waals surface area contributed by atoms with E-state index in [2.05, 4.69) is 42.4 Å². The molecule has 1 rings (SSSR count). The highest BCUT2D eigenvalue weighted by atomic mass is 32.2. The van der Waals surface area contributed by atoms with Gasteiger partial charge in [0.05, 0.1) is 0 Å². The van der Waals surface area contributed by atoms with Gasteiger partial charge in [-0.2, -0.15) is 0 Å². The van der Waals surface area contributed by atoms with Gasteiger partial charge < -0.3 is 5.32 Å². The minimum absolute atomic E-state index is 0.893. The summed E-state index contributed by atoms with van der Waals surface area (Å²) in [4.78, 5) is 1.31. The molecule has 0 atom stereocenters. The van der Waals surface area contributed by atoms with E-state index >= 15 is 0 Å². The average molecular weight is 207 g/mol. The van der Waals surface area contributed by atoms with E-state index in [-0.39, 0.29) is 0 Å². The third-order valence-corrected chi connectivity index (χ3v) is 2.66. The van der Waals surface area contributed by atoms with Crippen molar-refractivity contribution in [3.05, 3.63) is 42.0 Å². The van der Waals surface area contributed by atoms with Crippen LogP contribution in [0.3, 0.4) is 0 Å². The molecule has 0 saturated carbocycles. The van der Waals surface area contributed by atoms with Gasteiger partial charge in [-0.3, -0.25) is 0 Å². The van der Waals surface area contributed by atoms with Crippen LogP contribution in [-0.2, 0) is 6.54 Å². The lowest BCUT2D eigenvalue weighted by atomic mass is 10.2. The van der Waals surface area contributed by atoms with Gasteiger partial charge in [0, 0.05) is 18.0 Å². The number of thioether (sulfide) groups is 1. The van der Waals surface area contributed by atoms with Crippen molar-refractivity contribution in [3.8, 4) is 0 Å². The zero-order chi connectivity index (χ0) is 10.4. The minimum Gasteiger partial charge on any atom is -0.309 e. The van der Waals surface area contributed by atoms with Gasteiger partial charge in [0.15, 0.2) is 0 Å². The third-order valence-electron chi connectivity index (χ3n) is 1.91. The molecule has 0 heterocycles.